The fraction of sp³-hybridized carbons (Fsp3) is 0.391. The molecule has 0 saturated carbocycles. The highest BCUT2D eigenvalue weighted by Gasteiger charge is 2.46. The Morgan fingerprint density at radius 3 is 2.94 bits per heavy atom. The zero-order chi connectivity index (χ0) is 23.1. The fourth-order valence-electron chi connectivity index (χ4n) is 4.34. The van der Waals surface area contributed by atoms with Gasteiger partial charge in [-0.15, -0.1) is 0 Å². The Labute approximate surface area is 191 Å². The molecule has 4 heterocycles. The number of carbonyl (C=O) groups is 1. The maximum absolute atomic E-state index is 12.9. The van der Waals surface area contributed by atoms with Gasteiger partial charge < -0.3 is 25.0 Å². The third kappa shape index (κ3) is 3.70. The van der Waals surface area contributed by atoms with Crippen molar-refractivity contribution in [1.82, 2.24) is 15.3 Å². The predicted molar refractivity (Wildman–Crippen MR) is 122 cm³/mol. The summed E-state index contributed by atoms with van der Waals surface area (Å²) in [6.07, 6.45) is 0.0183. The van der Waals surface area contributed by atoms with Gasteiger partial charge in [0.2, 0.25) is 5.95 Å². The number of carbonyl (C=O) groups excluding carboxylic acids is 1. The van der Waals surface area contributed by atoms with Gasteiger partial charge in [0.25, 0.3) is 5.91 Å². The average Bonchev–Trinajstić information content (AvgIpc) is 3.37. The number of nitrogens with zero attached hydrogens (tertiary/aromatic N) is 4. The van der Waals surface area contributed by atoms with Crippen LogP contribution >= 0.6 is 0 Å². The molecule has 2 aromatic rings. The van der Waals surface area contributed by atoms with Crippen molar-refractivity contribution in [2.45, 2.75) is 45.3 Å². The van der Waals surface area contributed by atoms with Gasteiger partial charge in [-0.2, -0.15) is 5.26 Å². The van der Waals surface area contributed by atoms with Crippen LogP contribution in [0.2, 0.25) is 0 Å². The van der Waals surface area contributed by atoms with E-state index in [1.54, 1.807) is 6.20 Å². The number of aromatic nitrogens is 2. The molecule has 1 amide bonds. The van der Waals surface area contributed by atoms with Gasteiger partial charge >= 0.3 is 0 Å². The van der Waals surface area contributed by atoms with Crippen LogP contribution in [0.1, 0.15) is 25.1 Å². The normalized spacial score (nSPS) is 26.9. The molecule has 10 nitrogen and oxygen atoms in total. The molecule has 4 atom stereocenters. The molecule has 2 saturated heterocycles. The topological polar surface area (TPSA) is 124 Å². The molecule has 3 aliphatic heterocycles. The van der Waals surface area contributed by atoms with Crippen LogP contribution in [0.25, 0.3) is 5.57 Å². The van der Waals surface area contributed by atoms with E-state index in [1.807, 2.05) is 49.9 Å². The number of nitrogens with one attached hydrogen (secondary N) is 3. The maximum Gasteiger partial charge on any atom is 0.258 e. The third-order valence-corrected chi connectivity index (χ3v) is 6.06. The van der Waals surface area contributed by atoms with Crippen LogP contribution in [0, 0.1) is 18.3 Å². The molecular formula is C23H25N7O3. The predicted octanol–water partition coefficient (Wildman–Crippen LogP) is 1.97. The van der Waals surface area contributed by atoms with Crippen LogP contribution in [0.4, 0.5) is 17.3 Å². The summed E-state index contributed by atoms with van der Waals surface area (Å²) in [4.78, 5) is 23.7. The molecule has 2 fully saturated rings. The Balaban J connectivity index is 1.44. The molecule has 33 heavy (non-hydrogen) atoms. The molecule has 0 radical (unpaired) electrons. The Hall–Kier alpha value is -3.52. The number of anilines is 3. The number of benzene rings is 1. The molecule has 0 spiro atoms. The number of hydrogen-bond donors (Lipinski definition) is 3. The standard InChI is InChI=1S/C23H25N7O3/c1-4-30-16-8-6-5-7-15(16)27-20(30)14(9-24)18-12(2)10-26-23(28-18)29-21(31)19-17-11-25-13(3)22(32-17)33-19/h5-8,10,13,17,19,22,25,27H,4,11H2,1-3H3,(H,26,28,29,31)/b20-14+/t13-,17-,19?,22-/m0/s1. The third-order valence-electron chi connectivity index (χ3n) is 6.06. The lowest BCUT2D eigenvalue weighted by molar-refractivity contribution is -0.130. The van der Waals surface area contributed by atoms with Gasteiger partial charge in [0, 0.05) is 19.3 Å². The van der Waals surface area contributed by atoms with Crippen LogP contribution in [0.15, 0.2) is 36.3 Å². The van der Waals surface area contributed by atoms with E-state index in [0.29, 0.717) is 30.2 Å². The molecule has 5 rings (SSSR count). The lowest BCUT2D eigenvalue weighted by Crippen LogP contribution is -2.48. The zero-order valence-corrected chi connectivity index (χ0v) is 18.6. The number of aryl methyl sites for hydroxylation is 1. The number of morpholine rings is 1. The monoisotopic (exact) mass is 447 g/mol. The second-order valence-electron chi connectivity index (χ2n) is 8.23. The van der Waals surface area contributed by atoms with Crippen molar-refractivity contribution in [3.63, 3.8) is 0 Å². The number of para-hydroxylation sites is 2. The smallest absolute Gasteiger partial charge is 0.258 e. The number of amides is 1. The van der Waals surface area contributed by atoms with Gasteiger partial charge in [0.05, 0.1) is 23.1 Å². The number of ether oxygens (including phenoxy) is 2. The summed E-state index contributed by atoms with van der Waals surface area (Å²) >= 11 is 0. The first-order valence-corrected chi connectivity index (χ1v) is 11.0. The van der Waals surface area contributed by atoms with Crippen molar-refractivity contribution in [3.05, 3.63) is 47.5 Å². The molecule has 2 bridgehead atoms. The van der Waals surface area contributed by atoms with Gasteiger partial charge in [0.1, 0.15) is 23.6 Å². The van der Waals surface area contributed by atoms with Crippen LogP contribution in [0.3, 0.4) is 0 Å². The second-order valence-corrected chi connectivity index (χ2v) is 8.23. The summed E-state index contributed by atoms with van der Waals surface area (Å²) in [6, 6.07) is 10.2. The lowest BCUT2D eigenvalue weighted by Gasteiger charge is -2.25. The van der Waals surface area contributed by atoms with Crippen molar-refractivity contribution in [3.8, 4) is 6.07 Å². The Kier molecular flexibility index (Phi) is 5.46. The zero-order valence-electron chi connectivity index (χ0n) is 18.6. The first-order chi connectivity index (χ1) is 16.0. The van der Waals surface area contributed by atoms with Gasteiger partial charge in [0.15, 0.2) is 12.4 Å². The van der Waals surface area contributed by atoms with E-state index in [-0.39, 0.29) is 24.0 Å². The van der Waals surface area contributed by atoms with Crippen molar-refractivity contribution >= 4 is 28.8 Å². The summed E-state index contributed by atoms with van der Waals surface area (Å²) < 4.78 is 11.5. The maximum atomic E-state index is 12.9. The molecule has 10 heteroatoms. The molecule has 1 aromatic heterocycles. The highest BCUT2D eigenvalue weighted by atomic mass is 16.7. The van der Waals surface area contributed by atoms with E-state index < -0.39 is 12.4 Å². The van der Waals surface area contributed by atoms with Crippen molar-refractivity contribution in [1.29, 1.82) is 5.26 Å². The first-order valence-electron chi connectivity index (χ1n) is 11.0. The lowest BCUT2D eigenvalue weighted by atomic mass is 10.1. The molecule has 3 aliphatic rings. The minimum Gasteiger partial charge on any atom is -0.343 e. The minimum absolute atomic E-state index is 0.00985. The van der Waals surface area contributed by atoms with E-state index in [4.69, 9.17) is 9.47 Å². The fourth-order valence-corrected chi connectivity index (χ4v) is 4.34. The minimum atomic E-state index is -0.754. The van der Waals surface area contributed by atoms with Crippen LogP contribution in [0.5, 0.6) is 0 Å². The summed E-state index contributed by atoms with van der Waals surface area (Å²) in [6.45, 7) is 7.00. The van der Waals surface area contributed by atoms with E-state index in [2.05, 4.69) is 32.0 Å². The van der Waals surface area contributed by atoms with Gasteiger partial charge in [-0.1, -0.05) is 12.1 Å². The molecule has 1 unspecified atom stereocenters. The number of allylic oxidation sites excluding steroid dienone is 1. The highest BCUT2D eigenvalue weighted by molar-refractivity contribution is 5.94. The van der Waals surface area contributed by atoms with Crippen LogP contribution < -0.4 is 20.9 Å². The van der Waals surface area contributed by atoms with E-state index in [0.717, 1.165) is 16.9 Å². The first kappa shape index (κ1) is 21.3. The molecule has 0 aliphatic carbocycles. The highest BCUT2D eigenvalue weighted by Crippen LogP contribution is 2.39. The Bertz CT molecular complexity index is 1170. The van der Waals surface area contributed by atoms with E-state index in [9.17, 15) is 10.1 Å². The molecule has 170 valence electrons. The Morgan fingerprint density at radius 1 is 1.36 bits per heavy atom. The number of fused-ring (bicyclic) bond motifs is 3. The van der Waals surface area contributed by atoms with E-state index >= 15 is 0 Å². The molecule has 1 aromatic carbocycles. The van der Waals surface area contributed by atoms with Gasteiger partial charge in [-0.25, -0.2) is 9.97 Å². The summed E-state index contributed by atoms with van der Waals surface area (Å²) in [5, 5.41) is 19.4. The summed E-state index contributed by atoms with van der Waals surface area (Å²) in [5.74, 6) is 0.390. The largest absolute Gasteiger partial charge is 0.343 e. The van der Waals surface area contributed by atoms with Gasteiger partial charge in [-0.3, -0.25) is 10.1 Å². The summed E-state index contributed by atoms with van der Waals surface area (Å²) in [7, 11) is 0. The number of nitriles is 1. The van der Waals surface area contributed by atoms with Crippen molar-refractivity contribution in [2.24, 2.45) is 0 Å². The quantitative estimate of drug-likeness (QED) is 0.603. The number of hydrogen-bond acceptors (Lipinski definition) is 9. The van der Waals surface area contributed by atoms with Crippen molar-refractivity contribution in [2.75, 3.05) is 28.6 Å². The van der Waals surface area contributed by atoms with Gasteiger partial charge in [-0.05, 0) is 38.5 Å². The van der Waals surface area contributed by atoms with Crippen LogP contribution in [-0.4, -0.2) is 53.5 Å². The number of rotatable bonds is 4. The van der Waals surface area contributed by atoms with E-state index in [1.165, 1.54) is 0 Å². The average molecular weight is 447 g/mol. The SMILES string of the molecule is CCN1/C(=C(\C#N)c2nc(NC(=O)C3O[C@@H]4O[C@H]3CN[C@H]4C)ncc2C)Nc2ccccc21. The van der Waals surface area contributed by atoms with Crippen LogP contribution in [-0.2, 0) is 14.3 Å². The molecular weight excluding hydrogens is 422 g/mol. The summed E-state index contributed by atoms with van der Waals surface area (Å²) in [5.41, 5.74) is 3.47. The second kappa shape index (κ2) is 8.44. The Morgan fingerprint density at radius 2 is 2.18 bits per heavy atom. The molecule has 3 N–H and O–H groups in total. The van der Waals surface area contributed by atoms with Crippen molar-refractivity contribution < 1.29 is 14.3 Å².